The Balaban J connectivity index is 2.02. The van der Waals surface area contributed by atoms with Crippen molar-refractivity contribution in [1.29, 1.82) is 0 Å². The molecule has 1 saturated heterocycles. The minimum Gasteiger partial charge on any atom is -0.478 e. The summed E-state index contributed by atoms with van der Waals surface area (Å²) in [6.45, 7) is 1.67. The van der Waals surface area contributed by atoms with Gasteiger partial charge in [0.15, 0.2) is 0 Å². The summed E-state index contributed by atoms with van der Waals surface area (Å²) in [7, 11) is 0. The highest BCUT2D eigenvalue weighted by Crippen LogP contribution is 2.14. The lowest BCUT2D eigenvalue weighted by atomic mass is 10.1. The molecule has 1 aliphatic rings. The molecule has 1 aromatic rings. The molecule has 0 spiro atoms. The van der Waals surface area contributed by atoms with Crippen LogP contribution in [0.1, 0.15) is 48.0 Å². The first-order valence-corrected chi connectivity index (χ1v) is 7.47. The highest BCUT2D eigenvalue weighted by molar-refractivity contribution is 5.94. The van der Waals surface area contributed by atoms with E-state index >= 15 is 0 Å². The summed E-state index contributed by atoms with van der Waals surface area (Å²) in [5, 5.41) is 8.59. The van der Waals surface area contributed by atoms with E-state index in [0.717, 1.165) is 37.6 Å². The third kappa shape index (κ3) is 4.74. The van der Waals surface area contributed by atoms with E-state index in [2.05, 4.69) is 0 Å². The fourth-order valence-corrected chi connectivity index (χ4v) is 2.54. The Labute approximate surface area is 125 Å². The summed E-state index contributed by atoms with van der Waals surface area (Å²) in [4.78, 5) is 24.9. The van der Waals surface area contributed by atoms with Crippen LogP contribution in [0.25, 0.3) is 6.08 Å². The second-order valence-electron chi connectivity index (χ2n) is 5.35. The van der Waals surface area contributed by atoms with Gasteiger partial charge in [-0.15, -0.1) is 0 Å². The van der Waals surface area contributed by atoms with Gasteiger partial charge in [-0.1, -0.05) is 31.4 Å². The quantitative estimate of drug-likeness (QED) is 0.869. The van der Waals surface area contributed by atoms with Gasteiger partial charge in [-0.3, -0.25) is 4.79 Å². The number of amides is 1. The van der Waals surface area contributed by atoms with Crippen LogP contribution < -0.4 is 0 Å². The first-order valence-electron chi connectivity index (χ1n) is 7.47. The third-order valence-electron chi connectivity index (χ3n) is 3.72. The van der Waals surface area contributed by atoms with Gasteiger partial charge in [-0.05, 0) is 36.6 Å². The summed E-state index contributed by atoms with van der Waals surface area (Å²) in [6, 6.07) is 7.08. The molecular weight excluding hydrogens is 266 g/mol. The van der Waals surface area contributed by atoms with Gasteiger partial charge in [0.1, 0.15) is 0 Å². The van der Waals surface area contributed by atoms with Gasteiger partial charge < -0.3 is 10.0 Å². The Morgan fingerprint density at radius 3 is 2.10 bits per heavy atom. The number of carbonyl (C=O) groups is 2. The Hall–Kier alpha value is -2.10. The normalized spacial score (nSPS) is 16.5. The topological polar surface area (TPSA) is 57.6 Å². The molecule has 4 nitrogen and oxygen atoms in total. The van der Waals surface area contributed by atoms with Crippen molar-refractivity contribution in [2.75, 3.05) is 13.1 Å². The highest BCUT2D eigenvalue weighted by Gasteiger charge is 2.16. The molecule has 1 amide bonds. The molecular formula is C17H21NO3. The van der Waals surface area contributed by atoms with Gasteiger partial charge >= 0.3 is 5.97 Å². The average Bonchev–Trinajstić information content (AvgIpc) is 2.45. The molecule has 0 unspecified atom stereocenters. The van der Waals surface area contributed by atoms with Crippen LogP contribution in [0, 0.1) is 0 Å². The van der Waals surface area contributed by atoms with Crippen molar-refractivity contribution in [2.45, 2.75) is 32.1 Å². The summed E-state index contributed by atoms with van der Waals surface area (Å²) >= 11 is 0. The van der Waals surface area contributed by atoms with E-state index in [0.29, 0.717) is 5.56 Å². The van der Waals surface area contributed by atoms with Crippen LogP contribution in [0.4, 0.5) is 0 Å². The standard InChI is InChI=1S/C17H21NO3/c19-16(20)11-8-14-6-9-15(10-7-14)17(21)18-12-4-2-1-3-5-13-18/h6-11H,1-5,12-13H2,(H,19,20). The zero-order chi connectivity index (χ0) is 15.1. The Morgan fingerprint density at radius 2 is 1.52 bits per heavy atom. The lowest BCUT2D eigenvalue weighted by molar-refractivity contribution is -0.131. The molecule has 1 aromatic carbocycles. The van der Waals surface area contributed by atoms with Crippen LogP contribution in [0.3, 0.4) is 0 Å². The first-order chi connectivity index (χ1) is 10.2. The predicted octanol–water partition coefficient (Wildman–Crippen LogP) is 3.19. The number of hydrogen-bond donors (Lipinski definition) is 1. The average molecular weight is 287 g/mol. The number of carboxylic acid groups (broad SMARTS) is 1. The van der Waals surface area contributed by atoms with Crippen LogP contribution in [-0.2, 0) is 4.79 Å². The molecule has 0 aliphatic carbocycles. The van der Waals surface area contributed by atoms with Gasteiger partial charge in [0.25, 0.3) is 5.91 Å². The lowest BCUT2D eigenvalue weighted by Gasteiger charge is -2.24. The first kappa shape index (κ1) is 15.3. The Bertz CT molecular complexity index is 511. The summed E-state index contributed by atoms with van der Waals surface area (Å²) < 4.78 is 0. The van der Waals surface area contributed by atoms with Crippen LogP contribution in [-0.4, -0.2) is 35.0 Å². The maximum Gasteiger partial charge on any atom is 0.328 e. The molecule has 21 heavy (non-hydrogen) atoms. The molecule has 1 aliphatic heterocycles. The largest absolute Gasteiger partial charge is 0.478 e. The number of carboxylic acids is 1. The van der Waals surface area contributed by atoms with Gasteiger partial charge in [-0.25, -0.2) is 4.79 Å². The molecule has 1 heterocycles. The Morgan fingerprint density at radius 1 is 0.952 bits per heavy atom. The van der Waals surface area contributed by atoms with Gasteiger partial charge in [0.2, 0.25) is 0 Å². The monoisotopic (exact) mass is 287 g/mol. The predicted molar refractivity (Wildman–Crippen MR) is 82.1 cm³/mol. The van der Waals surface area contributed by atoms with E-state index in [1.165, 1.54) is 25.3 Å². The zero-order valence-electron chi connectivity index (χ0n) is 12.1. The number of likely N-dealkylation sites (tertiary alicyclic amines) is 1. The molecule has 1 N–H and O–H groups in total. The molecule has 0 atom stereocenters. The number of aliphatic carboxylic acids is 1. The summed E-state index contributed by atoms with van der Waals surface area (Å²) in [5.74, 6) is -0.901. The second kappa shape index (κ2) is 7.62. The highest BCUT2D eigenvalue weighted by atomic mass is 16.4. The molecule has 4 heteroatoms. The molecule has 0 aromatic heterocycles. The fraction of sp³-hybridized carbons (Fsp3) is 0.412. The van der Waals surface area contributed by atoms with Crippen LogP contribution in [0.15, 0.2) is 30.3 Å². The summed E-state index contributed by atoms with van der Waals surface area (Å²) in [5.41, 5.74) is 1.45. The van der Waals surface area contributed by atoms with Crippen LogP contribution >= 0.6 is 0 Å². The van der Waals surface area contributed by atoms with Crippen molar-refractivity contribution in [3.63, 3.8) is 0 Å². The fourth-order valence-electron chi connectivity index (χ4n) is 2.54. The zero-order valence-corrected chi connectivity index (χ0v) is 12.1. The van der Waals surface area contributed by atoms with E-state index in [9.17, 15) is 9.59 Å². The number of nitrogens with zero attached hydrogens (tertiary/aromatic N) is 1. The van der Waals surface area contributed by atoms with Crippen LogP contribution in [0.2, 0.25) is 0 Å². The minimum absolute atomic E-state index is 0.0747. The third-order valence-corrected chi connectivity index (χ3v) is 3.72. The van der Waals surface area contributed by atoms with Crippen LogP contribution in [0.5, 0.6) is 0 Å². The van der Waals surface area contributed by atoms with Gasteiger partial charge in [-0.2, -0.15) is 0 Å². The number of hydrogen-bond acceptors (Lipinski definition) is 2. The van der Waals surface area contributed by atoms with Crippen molar-refractivity contribution < 1.29 is 14.7 Å². The van der Waals surface area contributed by atoms with E-state index < -0.39 is 5.97 Å². The molecule has 1 fully saturated rings. The summed E-state index contributed by atoms with van der Waals surface area (Å²) in [6.07, 6.45) is 8.43. The molecule has 112 valence electrons. The van der Waals surface area contributed by atoms with Gasteiger partial charge in [0, 0.05) is 24.7 Å². The molecule has 2 rings (SSSR count). The smallest absolute Gasteiger partial charge is 0.328 e. The van der Waals surface area contributed by atoms with Crippen molar-refractivity contribution in [1.82, 2.24) is 4.90 Å². The molecule has 0 bridgehead atoms. The van der Waals surface area contributed by atoms with E-state index in [4.69, 9.17) is 5.11 Å². The van der Waals surface area contributed by atoms with E-state index in [-0.39, 0.29) is 5.91 Å². The van der Waals surface area contributed by atoms with E-state index in [1.807, 2.05) is 4.90 Å². The van der Waals surface area contributed by atoms with E-state index in [1.54, 1.807) is 24.3 Å². The van der Waals surface area contributed by atoms with Crippen molar-refractivity contribution >= 4 is 18.0 Å². The van der Waals surface area contributed by atoms with Gasteiger partial charge in [0.05, 0.1) is 0 Å². The number of benzene rings is 1. The SMILES string of the molecule is O=C(O)C=Cc1ccc(C(=O)N2CCCCCCC2)cc1. The maximum atomic E-state index is 12.5. The lowest BCUT2D eigenvalue weighted by Crippen LogP contribution is -2.33. The van der Waals surface area contributed by atoms with Crippen molar-refractivity contribution in [3.8, 4) is 0 Å². The maximum absolute atomic E-state index is 12.5. The minimum atomic E-state index is -0.976. The molecule has 0 radical (unpaired) electrons. The Kier molecular flexibility index (Phi) is 5.55. The number of carbonyl (C=O) groups excluding carboxylic acids is 1. The van der Waals surface area contributed by atoms with Crippen molar-refractivity contribution in [3.05, 3.63) is 41.5 Å². The second-order valence-corrected chi connectivity index (χ2v) is 5.35. The molecule has 0 saturated carbocycles. The van der Waals surface area contributed by atoms with Crippen molar-refractivity contribution in [2.24, 2.45) is 0 Å². The number of rotatable bonds is 3.